The van der Waals surface area contributed by atoms with Crippen LogP contribution in [0.15, 0.2) is 23.4 Å². The zero-order valence-corrected chi connectivity index (χ0v) is 12.9. The minimum absolute atomic E-state index is 0.0849. The van der Waals surface area contributed by atoms with Crippen molar-refractivity contribution in [3.05, 3.63) is 23.2 Å². The number of carbonyl (C=O) groups is 1. The molecule has 20 heavy (non-hydrogen) atoms. The van der Waals surface area contributed by atoms with Crippen LogP contribution >= 0.6 is 23.4 Å². The Morgan fingerprint density at radius 3 is 2.90 bits per heavy atom. The summed E-state index contributed by atoms with van der Waals surface area (Å²) in [5.41, 5.74) is 0.731. The topological polar surface area (TPSA) is 67.9 Å². The zero-order chi connectivity index (χ0) is 14.7. The van der Waals surface area contributed by atoms with Gasteiger partial charge in [0.15, 0.2) is 5.82 Å². The molecule has 2 rings (SSSR count). The van der Waals surface area contributed by atoms with Gasteiger partial charge in [0.25, 0.3) is 0 Å². The van der Waals surface area contributed by atoms with E-state index in [0.717, 1.165) is 5.56 Å². The van der Waals surface area contributed by atoms with Crippen molar-refractivity contribution in [3.8, 4) is 17.1 Å². The van der Waals surface area contributed by atoms with E-state index in [1.807, 2.05) is 6.92 Å². The number of halogens is 1. The molecule has 0 fully saturated rings. The number of aromatic amines is 1. The van der Waals surface area contributed by atoms with Crippen LogP contribution in [0.2, 0.25) is 5.02 Å². The Kier molecular flexibility index (Phi) is 4.67. The van der Waals surface area contributed by atoms with E-state index in [2.05, 4.69) is 15.2 Å². The molecule has 106 valence electrons. The smallest absolute Gasteiger partial charge is 0.209 e. The van der Waals surface area contributed by atoms with Crippen molar-refractivity contribution in [3.63, 3.8) is 0 Å². The van der Waals surface area contributed by atoms with E-state index < -0.39 is 0 Å². The molecule has 0 spiro atoms. The number of nitrogens with one attached hydrogen (secondary N) is 1. The summed E-state index contributed by atoms with van der Waals surface area (Å²) in [7, 11) is 1.58. The molecule has 0 bridgehead atoms. The van der Waals surface area contributed by atoms with Gasteiger partial charge in [-0.15, -0.1) is 5.10 Å². The molecule has 1 heterocycles. The molecule has 1 atom stereocenters. The van der Waals surface area contributed by atoms with Gasteiger partial charge in [-0.3, -0.25) is 9.89 Å². The number of ketones is 1. The van der Waals surface area contributed by atoms with Crippen LogP contribution in [0.5, 0.6) is 5.75 Å². The quantitative estimate of drug-likeness (QED) is 0.859. The monoisotopic (exact) mass is 311 g/mol. The Morgan fingerprint density at radius 1 is 1.50 bits per heavy atom. The maximum absolute atomic E-state index is 11.2. The Hall–Kier alpha value is -1.53. The highest BCUT2D eigenvalue weighted by Gasteiger charge is 2.15. The van der Waals surface area contributed by atoms with Gasteiger partial charge in [0.05, 0.1) is 17.9 Å². The molecule has 7 heteroatoms. The van der Waals surface area contributed by atoms with Crippen LogP contribution in [-0.2, 0) is 4.79 Å². The summed E-state index contributed by atoms with van der Waals surface area (Å²) in [6, 6.07) is 5.27. The molecule has 0 aliphatic rings. The molecule has 0 aliphatic carbocycles. The first kappa shape index (κ1) is 14.9. The third-order valence-electron chi connectivity index (χ3n) is 2.74. The first-order valence-electron chi connectivity index (χ1n) is 5.94. The van der Waals surface area contributed by atoms with Crippen molar-refractivity contribution in [2.24, 2.45) is 0 Å². The van der Waals surface area contributed by atoms with E-state index in [0.29, 0.717) is 21.8 Å². The number of hydrogen-bond donors (Lipinski definition) is 1. The van der Waals surface area contributed by atoms with Gasteiger partial charge in [-0.2, -0.15) is 0 Å². The molecular formula is C13H14ClN3O2S. The van der Waals surface area contributed by atoms with Crippen LogP contribution < -0.4 is 4.74 Å². The molecule has 1 aromatic heterocycles. The number of thioether (sulfide) groups is 1. The number of rotatable bonds is 5. The fourth-order valence-electron chi connectivity index (χ4n) is 1.53. The molecule has 0 saturated heterocycles. The average molecular weight is 312 g/mol. The molecular weight excluding hydrogens is 298 g/mol. The number of aromatic nitrogens is 3. The number of benzene rings is 1. The lowest BCUT2D eigenvalue weighted by Crippen LogP contribution is -2.08. The van der Waals surface area contributed by atoms with E-state index in [9.17, 15) is 4.79 Å². The van der Waals surface area contributed by atoms with Crippen LogP contribution in [-0.4, -0.2) is 33.3 Å². The van der Waals surface area contributed by atoms with Crippen molar-refractivity contribution in [2.75, 3.05) is 7.11 Å². The van der Waals surface area contributed by atoms with Crippen LogP contribution in [0, 0.1) is 0 Å². The Bertz CT molecular complexity index is 630. The lowest BCUT2D eigenvalue weighted by Gasteiger charge is -2.05. The maximum Gasteiger partial charge on any atom is 0.209 e. The van der Waals surface area contributed by atoms with Gasteiger partial charge in [0.2, 0.25) is 5.16 Å². The van der Waals surface area contributed by atoms with Crippen LogP contribution in [0.4, 0.5) is 0 Å². The number of hydrogen-bond acceptors (Lipinski definition) is 5. The van der Waals surface area contributed by atoms with E-state index in [1.54, 1.807) is 32.2 Å². The highest BCUT2D eigenvalue weighted by molar-refractivity contribution is 8.00. The van der Waals surface area contributed by atoms with Crippen molar-refractivity contribution < 1.29 is 9.53 Å². The van der Waals surface area contributed by atoms with E-state index in [1.165, 1.54) is 11.8 Å². The predicted molar refractivity (Wildman–Crippen MR) is 79.4 cm³/mol. The van der Waals surface area contributed by atoms with Gasteiger partial charge in [0.1, 0.15) is 11.5 Å². The number of methoxy groups -OCH3 is 1. The molecule has 5 nitrogen and oxygen atoms in total. The lowest BCUT2D eigenvalue weighted by molar-refractivity contribution is -0.116. The summed E-state index contributed by atoms with van der Waals surface area (Å²) in [4.78, 5) is 15.6. The SMILES string of the molecule is COc1ccc(Cl)cc1-c1nc(SC(C)C(C)=O)n[nH]1. The van der Waals surface area contributed by atoms with Gasteiger partial charge in [-0.05, 0) is 32.0 Å². The minimum Gasteiger partial charge on any atom is -0.496 e. The van der Waals surface area contributed by atoms with E-state index in [4.69, 9.17) is 16.3 Å². The standard InChI is InChI=1S/C13H14ClN3O2S/c1-7(18)8(2)20-13-15-12(16-17-13)10-6-9(14)4-5-11(10)19-3/h4-6,8H,1-3H3,(H,15,16,17). The Balaban J connectivity index is 2.29. The van der Waals surface area contributed by atoms with Crippen molar-refractivity contribution in [1.82, 2.24) is 15.2 Å². The fraction of sp³-hybridized carbons (Fsp3) is 0.308. The van der Waals surface area contributed by atoms with Gasteiger partial charge < -0.3 is 4.74 Å². The first-order chi connectivity index (χ1) is 9.51. The second-order valence-electron chi connectivity index (χ2n) is 4.18. The summed E-state index contributed by atoms with van der Waals surface area (Å²) in [6.07, 6.45) is 0. The van der Waals surface area contributed by atoms with Crippen LogP contribution in [0.1, 0.15) is 13.8 Å². The van der Waals surface area contributed by atoms with Crippen molar-refractivity contribution >= 4 is 29.1 Å². The van der Waals surface area contributed by atoms with E-state index >= 15 is 0 Å². The van der Waals surface area contributed by atoms with E-state index in [-0.39, 0.29) is 11.0 Å². The van der Waals surface area contributed by atoms with Crippen LogP contribution in [0.25, 0.3) is 11.4 Å². The molecule has 1 unspecified atom stereocenters. The summed E-state index contributed by atoms with van der Waals surface area (Å²) < 4.78 is 5.28. The first-order valence-corrected chi connectivity index (χ1v) is 7.20. The molecule has 2 aromatic rings. The summed E-state index contributed by atoms with van der Waals surface area (Å²) in [5, 5.41) is 7.86. The second-order valence-corrected chi connectivity index (χ2v) is 5.93. The van der Waals surface area contributed by atoms with Gasteiger partial charge in [-0.1, -0.05) is 23.4 Å². The molecule has 0 saturated carbocycles. The van der Waals surface area contributed by atoms with Crippen molar-refractivity contribution in [1.29, 1.82) is 0 Å². The zero-order valence-electron chi connectivity index (χ0n) is 11.3. The Labute approximate surface area is 126 Å². The average Bonchev–Trinajstić information content (AvgIpc) is 2.87. The molecule has 1 aromatic carbocycles. The Morgan fingerprint density at radius 2 is 2.25 bits per heavy atom. The lowest BCUT2D eigenvalue weighted by atomic mass is 10.2. The molecule has 1 N–H and O–H groups in total. The summed E-state index contributed by atoms with van der Waals surface area (Å²) >= 11 is 7.30. The van der Waals surface area contributed by atoms with Crippen LogP contribution in [0.3, 0.4) is 0 Å². The number of H-pyrrole nitrogens is 1. The molecule has 0 aliphatic heterocycles. The highest BCUT2D eigenvalue weighted by Crippen LogP contribution is 2.31. The molecule has 0 radical (unpaired) electrons. The number of ether oxygens (including phenoxy) is 1. The predicted octanol–water partition coefficient (Wildman–Crippen LogP) is 3.20. The summed E-state index contributed by atoms with van der Waals surface area (Å²) in [6.45, 7) is 3.37. The van der Waals surface area contributed by atoms with Gasteiger partial charge in [-0.25, -0.2) is 4.98 Å². The number of Topliss-reactive ketones (excluding diaryl/α,β-unsaturated/α-hetero) is 1. The van der Waals surface area contributed by atoms with Gasteiger partial charge >= 0.3 is 0 Å². The summed E-state index contributed by atoms with van der Waals surface area (Å²) in [5.74, 6) is 1.30. The van der Waals surface area contributed by atoms with Gasteiger partial charge in [0, 0.05) is 5.02 Å². The largest absolute Gasteiger partial charge is 0.496 e. The normalized spacial score (nSPS) is 12.2. The highest BCUT2D eigenvalue weighted by atomic mass is 35.5. The third-order valence-corrected chi connectivity index (χ3v) is 4.05. The minimum atomic E-state index is -0.181. The van der Waals surface area contributed by atoms with Crippen molar-refractivity contribution in [2.45, 2.75) is 24.3 Å². The molecule has 0 amide bonds. The fourth-order valence-corrected chi connectivity index (χ4v) is 2.42. The maximum atomic E-state index is 11.2. The number of carbonyl (C=O) groups excluding carboxylic acids is 1. The third kappa shape index (κ3) is 3.32. The second kappa shape index (κ2) is 6.28. The number of nitrogens with zero attached hydrogens (tertiary/aromatic N) is 2.